The van der Waals surface area contributed by atoms with Gasteiger partial charge in [0.1, 0.15) is 5.69 Å². The van der Waals surface area contributed by atoms with Crippen molar-refractivity contribution in [2.45, 2.75) is 13.8 Å². The zero-order valence-electron chi connectivity index (χ0n) is 14.6. The highest BCUT2D eigenvalue weighted by Gasteiger charge is 2.22. The van der Waals surface area contributed by atoms with E-state index in [-0.39, 0.29) is 5.91 Å². The van der Waals surface area contributed by atoms with E-state index < -0.39 is 0 Å². The van der Waals surface area contributed by atoms with Crippen molar-refractivity contribution < 1.29 is 4.79 Å². The molecule has 0 radical (unpaired) electrons. The fourth-order valence-corrected chi connectivity index (χ4v) is 3.23. The molecule has 0 aliphatic rings. The van der Waals surface area contributed by atoms with Crippen LogP contribution in [-0.2, 0) is 0 Å². The molecule has 0 aliphatic carbocycles. The number of aromatic nitrogens is 2. The van der Waals surface area contributed by atoms with Gasteiger partial charge in [0.2, 0.25) is 0 Å². The van der Waals surface area contributed by atoms with Gasteiger partial charge in [-0.3, -0.25) is 4.79 Å². The maximum absolute atomic E-state index is 13.0. The summed E-state index contributed by atoms with van der Waals surface area (Å²) in [7, 11) is 0. The third kappa shape index (κ3) is 3.62. The fraction of sp³-hybridized carbons (Fsp3) is 0.200. The lowest BCUT2D eigenvalue weighted by atomic mass is 10.1. The molecule has 134 valence electrons. The van der Waals surface area contributed by atoms with Crippen molar-refractivity contribution in [3.8, 4) is 16.9 Å². The Labute approximate surface area is 163 Å². The second-order valence-corrected chi connectivity index (χ2v) is 6.61. The van der Waals surface area contributed by atoms with Crippen LogP contribution in [0.15, 0.2) is 54.6 Å². The van der Waals surface area contributed by atoms with Gasteiger partial charge in [0.05, 0.1) is 16.4 Å². The number of hydrogen-bond acceptors (Lipinski definition) is 2. The number of hydrogen-bond donors (Lipinski definition) is 0. The first-order valence-corrected chi connectivity index (χ1v) is 9.21. The topological polar surface area (TPSA) is 38.1 Å². The minimum Gasteiger partial charge on any atom is -0.338 e. The van der Waals surface area contributed by atoms with E-state index in [1.807, 2.05) is 44.2 Å². The van der Waals surface area contributed by atoms with Crippen molar-refractivity contribution in [3.63, 3.8) is 0 Å². The normalized spacial score (nSPS) is 10.8. The highest BCUT2D eigenvalue weighted by atomic mass is 35.5. The first kappa shape index (κ1) is 18.5. The summed E-state index contributed by atoms with van der Waals surface area (Å²) >= 11 is 12.5. The van der Waals surface area contributed by atoms with E-state index in [1.54, 1.807) is 33.8 Å². The molecule has 0 saturated heterocycles. The van der Waals surface area contributed by atoms with Crippen LogP contribution in [0.25, 0.3) is 16.9 Å². The number of benzene rings is 2. The molecule has 0 aliphatic heterocycles. The van der Waals surface area contributed by atoms with Gasteiger partial charge in [0.15, 0.2) is 0 Å². The lowest BCUT2D eigenvalue weighted by Gasteiger charge is -2.19. The van der Waals surface area contributed by atoms with Crippen LogP contribution in [0.4, 0.5) is 0 Å². The van der Waals surface area contributed by atoms with Gasteiger partial charge in [-0.1, -0.05) is 47.5 Å². The van der Waals surface area contributed by atoms with Gasteiger partial charge in [-0.2, -0.15) is 5.10 Å². The summed E-state index contributed by atoms with van der Waals surface area (Å²) < 4.78 is 1.63. The van der Waals surface area contributed by atoms with Crippen molar-refractivity contribution >= 4 is 29.1 Å². The van der Waals surface area contributed by atoms with E-state index in [1.165, 1.54) is 0 Å². The molecule has 0 fully saturated rings. The molecule has 6 heteroatoms. The Kier molecular flexibility index (Phi) is 5.64. The predicted molar refractivity (Wildman–Crippen MR) is 106 cm³/mol. The van der Waals surface area contributed by atoms with E-state index in [0.29, 0.717) is 34.5 Å². The standard InChI is InChI=1S/C20H19Cl2N3O/c1-3-24(4-2)20(26)19-13-18(16-10-5-6-11-17(16)22)23-25(19)15-9-7-8-14(21)12-15/h5-13H,3-4H2,1-2H3. The molecule has 1 heterocycles. The van der Waals surface area contributed by atoms with Crippen molar-refractivity contribution in [2.75, 3.05) is 13.1 Å². The third-order valence-corrected chi connectivity index (χ3v) is 4.75. The Morgan fingerprint density at radius 2 is 1.77 bits per heavy atom. The van der Waals surface area contributed by atoms with Crippen molar-refractivity contribution in [1.29, 1.82) is 0 Å². The van der Waals surface area contributed by atoms with Gasteiger partial charge < -0.3 is 4.90 Å². The van der Waals surface area contributed by atoms with Crippen molar-refractivity contribution in [3.05, 3.63) is 70.3 Å². The molecule has 26 heavy (non-hydrogen) atoms. The van der Waals surface area contributed by atoms with Crippen molar-refractivity contribution in [1.82, 2.24) is 14.7 Å². The summed E-state index contributed by atoms with van der Waals surface area (Å²) in [6.45, 7) is 5.15. The molecule has 4 nitrogen and oxygen atoms in total. The zero-order chi connectivity index (χ0) is 18.7. The van der Waals surface area contributed by atoms with E-state index in [4.69, 9.17) is 23.2 Å². The van der Waals surface area contributed by atoms with Crippen LogP contribution in [0.3, 0.4) is 0 Å². The van der Waals surface area contributed by atoms with Crippen LogP contribution in [0.1, 0.15) is 24.3 Å². The Balaban J connectivity index is 2.18. The number of nitrogens with zero attached hydrogens (tertiary/aromatic N) is 3. The van der Waals surface area contributed by atoms with Gasteiger partial charge in [-0.25, -0.2) is 4.68 Å². The molecule has 1 aromatic heterocycles. The molecule has 1 amide bonds. The van der Waals surface area contributed by atoms with Crippen LogP contribution in [0.2, 0.25) is 10.0 Å². The largest absolute Gasteiger partial charge is 0.338 e. The van der Waals surface area contributed by atoms with Crippen LogP contribution in [0, 0.1) is 0 Å². The van der Waals surface area contributed by atoms with E-state index in [2.05, 4.69) is 5.10 Å². The number of carbonyl (C=O) groups is 1. The Bertz CT molecular complexity index is 932. The third-order valence-electron chi connectivity index (χ3n) is 4.18. The second kappa shape index (κ2) is 7.94. The lowest BCUT2D eigenvalue weighted by Crippen LogP contribution is -2.32. The Morgan fingerprint density at radius 1 is 1.04 bits per heavy atom. The van der Waals surface area contributed by atoms with Gasteiger partial charge in [-0.15, -0.1) is 0 Å². The Hall–Kier alpha value is -2.30. The van der Waals surface area contributed by atoms with Crippen molar-refractivity contribution in [2.24, 2.45) is 0 Å². The molecule has 2 aromatic carbocycles. The van der Waals surface area contributed by atoms with Gasteiger partial charge in [-0.05, 0) is 44.2 Å². The fourth-order valence-electron chi connectivity index (χ4n) is 2.81. The number of amides is 1. The molecule has 0 N–H and O–H groups in total. The summed E-state index contributed by atoms with van der Waals surface area (Å²) in [5.41, 5.74) is 2.63. The molecule has 3 aromatic rings. The average Bonchev–Trinajstić information content (AvgIpc) is 3.08. The summed E-state index contributed by atoms with van der Waals surface area (Å²) in [5, 5.41) is 5.82. The maximum atomic E-state index is 13.0. The molecular weight excluding hydrogens is 369 g/mol. The van der Waals surface area contributed by atoms with Gasteiger partial charge in [0.25, 0.3) is 5.91 Å². The highest BCUT2D eigenvalue weighted by molar-refractivity contribution is 6.33. The van der Waals surface area contributed by atoms with E-state index >= 15 is 0 Å². The summed E-state index contributed by atoms with van der Waals surface area (Å²) in [4.78, 5) is 14.8. The molecule has 3 rings (SSSR count). The quantitative estimate of drug-likeness (QED) is 0.593. The number of rotatable bonds is 5. The maximum Gasteiger partial charge on any atom is 0.272 e. The van der Waals surface area contributed by atoms with E-state index in [9.17, 15) is 4.79 Å². The molecule has 0 spiro atoms. The van der Waals surface area contributed by atoms with E-state index in [0.717, 1.165) is 11.3 Å². The highest BCUT2D eigenvalue weighted by Crippen LogP contribution is 2.29. The SMILES string of the molecule is CCN(CC)C(=O)c1cc(-c2ccccc2Cl)nn1-c1cccc(Cl)c1. The van der Waals surface area contributed by atoms with Gasteiger partial charge >= 0.3 is 0 Å². The number of carbonyl (C=O) groups excluding carboxylic acids is 1. The monoisotopic (exact) mass is 387 g/mol. The summed E-state index contributed by atoms with van der Waals surface area (Å²) in [5.74, 6) is -0.0826. The minimum atomic E-state index is -0.0826. The minimum absolute atomic E-state index is 0.0826. The average molecular weight is 388 g/mol. The Morgan fingerprint density at radius 3 is 2.42 bits per heavy atom. The summed E-state index contributed by atoms with van der Waals surface area (Å²) in [6, 6.07) is 16.5. The zero-order valence-corrected chi connectivity index (χ0v) is 16.1. The van der Waals surface area contributed by atoms with Crippen LogP contribution in [0.5, 0.6) is 0 Å². The predicted octanol–water partition coefficient (Wildman–Crippen LogP) is 5.33. The molecular formula is C20H19Cl2N3O. The molecule has 0 unspecified atom stereocenters. The number of halogens is 2. The van der Waals surface area contributed by atoms with Crippen LogP contribution < -0.4 is 0 Å². The second-order valence-electron chi connectivity index (χ2n) is 5.76. The van der Waals surface area contributed by atoms with Crippen LogP contribution >= 0.6 is 23.2 Å². The lowest BCUT2D eigenvalue weighted by molar-refractivity contribution is 0.0764. The smallest absolute Gasteiger partial charge is 0.272 e. The summed E-state index contributed by atoms with van der Waals surface area (Å²) in [6.07, 6.45) is 0. The molecule has 0 atom stereocenters. The first-order chi connectivity index (χ1) is 12.5. The van der Waals surface area contributed by atoms with Gasteiger partial charge in [0, 0.05) is 23.7 Å². The van der Waals surface area contributed by atoms with Crippen LogP contribution in [-0.4, -0.2) is 33.7 Å². The molecule has 0 saturated carbocycles. The first-order valence-electron chi connectivity index (χ1n) is 8.45. The molecule has 0 bridgehead atoms.